The molecule has 9 heteroatoms. The zero-order valence-electron chi connectivity index (χ0n) is 15.2. The molecule has 2 N–H and O–H groups in total. The van der Waals surface area contributed by atoms with E-state index in [-0.39, 0.29) is 11.3 Å². The molecule has 2 aromatic carbocycles. The van der Waals surface area contributed by atoms with Gasteiger partial charge in [0.05, 0.1) is 0 Å². The normalized spacial score (nSPS) is 12.3. The number of para-hydroxylation sites is 2. The van der Waals surface area contributed by atoms with Crippen molar-refractivity contribution >= 4 is 16.9 Å². The van der Waals surface area contributed by atoms with Crippen LogP contribution >= 0.6 is 0 Å². The minimum Gasteiger partial charge on any atom is -0.508 e. The van der Waals surface area contributed by atoms with Crippen LogP contribution in [-0.2, 0) is 7.05 Å². The van der Waals surface area contributed by atoms with Crippen LogP contribution in [0.3, 0.4) is 0 Å². The highest BCUT2D eigenvalue weighted by molar-refractivity contribution is 5.75. The SMILES string of the molecule is Cn1c(=O)[nH]c(=O)c2c1n1c3n(c(-c4cccc(O)c4)c[n+]23)-c2ccccc2O1. The van der Waals surface area contributed by atoms with Crippen LogP contribution in [0.5, 0.6) is 11.5 Å². The van der Waals surface area contributed by atoms with E-state index in [0.717, 1.165) is 16.9 Å². The van der Waals surface area contributed by atoms with Crippen molar-refractivity contribution in [3.8, 4) is 28.4 Å². The minimum atomic E-state index is -0.526. The molecule has 0 amide bonds. The molecule has 0 radical (unpaired) electrons. The Morgan fingerprint density at radius 2 is 1.93 bits per heavy atom. The summed E-state index contributed by atoms with van der Waals surface area (Å²) in [6.45, 7) is 0. The number of phenols is 1. The van der Waals surface area contributed by atoms with Crippen molar-refractivity contribution in [2.75, 3.05) is 0 Å². The average molecular weight is 388 g/mol. The van der Waals surface area contributed by atoms with Crippen LogP contribution in [0.4, 0.5) is 0 Å². The molecular formula is C20H14N5O4+. The number of aryl methyl sites for hydroxylation is 1. The Hall–Kier alpha value is -4.27. The van der Waals surface area contributed by atoms with Crippen LogP contribution in [0.1, 0.15) is 0 Å². The second kappa shape index (κ2) is 5.16. The van der Waals surface area contributed by atoms with E-state index < -0.39 is 11.2 Å². The summed E-state index contributed by atoms with van der Waals surface area (Å²) >= 11 is 0. The van der Waals surface area contributed by atoms with Crippen LogP contribution in [-0.4, -0.2) is 24.0 Å². The van der Waals surface area contributed by atoms with E-state index in [9.17, 15) is 14.7 Å². The standard InChI is InChI=1S/C20H13N5O4/c1-22-18-16(17(27)21-19(22)28)23-10-14(11-5-4-6-12(26)9-11)24-13-7-2-3-8-15(13)29-25(18)20(23)24/h2-10H,1H3,(H-,21,26,27,28)/p+1. The first kappa shape index (κ1) is 15.8. The zero-order valence-corrected chi connectivity index (χ0v) is 15.2. The first-order valence-corrected chi connectivity index (χ1v) is 8.92. The number of benzene rings is 2. The first-order valence-electron chi connectivity index (χ1n) is 8.92. The van der Waals surface area contributed by atoms with Gasteiger partial charge in [-0.1, -0.05) is 24.3 Å². The molecule has 5 aromatic rings. The van der Waals surface area contributed by atoms with Gasteiger partial charge in [-0.25, -0.2) is 4.79 Å². The quantitative estimate of drug-likeness (QED) is 0.412. The van der Waals surface area contributed by atoms with Crippen LogP contribution < -0.4 is 20.5 Å². The molecule has 0 spiro atoms. The molecule has 0 aliphatic carbocycles. The summed E-state index contributed by atoms with van der Waals surface area (Å²) in [5.41, 5.74) is 1.91. The number of fused-ring (bicyclic) bond motifs is 5. The number of aromatic nitrogens is 5. The Bertz CT molecular complexity index is 1600. The fourth-order valence-corrected chi connectivity index (χ4v) is 3.96. The molecule has 0 unspecified atom stereocenters. The summed E-state index contributed by atoms with van der Waals surface area (Å²) < 4.78 is 6.47. The lowest BCUT2D eigenvalue weighted by Gasteiger charge is -2.14. The van der Waals surface area contributed by atoms with Gasteiger partial charge in [-0.15, -0.1) is 0 Å². The number of aromatic hydroxyl groups is 1. The van der Waals surface area contributed by atoms with Gasteiger partial charge in [-0.3, -0.25) is 14.3 Å². The van der Waals surface area contributed by atoms with Crippen LogP contribution in [0.25, 0.3) is 33.9 Å². The molecule has 1 aliphatic heterocycles. The Labute approximate surface area is 161 Å². The van der Waals surface area contributed by atoms with Gasteiger partial charge in [-0.05, 0) is 29.0 Å². The Morgan fingerprint density at radius 1 is 1.10 bits per heavy atom. The molecule has 29 heavy (non-hydrogen) atoms. The molecule has 0 saturated carbocycles. The van der Waals surface area contributed by atoms with Crippen molar-refractivity contribution < 1.29 is 14.3 Å². The van der Waals surface area contributed by atoms with E-state index >= 15 is 0 Å². The van der Waals surface area contributed by atoms with Crippen molar-refractivity contribution in [1.82, 2.24) is 18.8 Å². The lowest BCUT2D eigenvalue weighted by molar-refractivity contribution is -0.482. The predicted molar refractivity (Wildman–Crippen MR) is 103 cm³/mol. The molecule has 0 saturated heterocycles. The van der Waals surface area contributed by atoms with Gasteiger partial charge in [0.2, 0.25) is 11.3 Å². The van der Waals surface area contributed by atoms with Gasteiger partial charge in [0, 0.05) is 12.6 Å². The van der Waals surface area contributed by atoms with Gasteiger partial charge in [0.1, 0.15) is 17.6 Å². The van der Waals surface area contributed by atoms with Crippen molar-refractivity contribution in [2.45, 2.75) is 0 Å². The monoisotopic (exact) mass is 388 g/mol. The molecule has 142 valence electrons. The van der Waals surface area contributed by atoms with Crippen LogP contribution in [0.2, 0.25) is 0 Å². The first-order chi connectivity index (χ1) is 14.0. The molecule has 4 heterocycles. The number of rotatable bonds is 1. The van der Waals surface area contributed by atoms with Gasteiger partial charge in [-0.2, -0.15) is 8.97 Å². The summed E-state index contributed by atoms with van der Waals surface area (Å²) in [5.74, 6) is 1.27. The molecule has 0 bridgehead atoms. The van der Waals surface area contributed by atoms with E-state index in [2.05, 4.69) is 4.98 Å². The second-order valence-electron chi connectivity index (χ2n) is 6.91. The molecule has 0 atom stereocenters. The Kier molecular flexibility index (Phi) is 2.81. The summed E-state index contributed by atoms with van der Waals surface area (Å²) in [4.78, 5) is 33.3. The van der Waals surface area contributed by atoms with Crippen LogP contribution in [0, 0.1) is 0 Å². The molecular weight excluding hydrogens is 374 g/mol. The maximum Gasteiger partial charge on any atom is 0.415 e. The highest BCUT2D eigenvalue weighted by Gasteiger charge is 2.37. The zero-order chi connectivity index (χ0) is 19.9. The Morgan fingerprint density at radius 3 is 2.76 bits per heavy atom. The number of H-pyrrole nitrogens is 1. The maximum absolute atomic E-state index is 12.7. The number of phenolic OH excluding ortho intramolecular Hbond substituents is 1. The van der Waals surface area contributed by atoms with E-state index in [0.29, 0.717) is 17.2 Å². The van der Waals surface area contributed by atoms with Gasteiger partial charge < -0.3 is 9.94 Å². The number of nitrogens with zero attached hydrogens (tertiary/aromatic N) is 4. The van der Waals surface area contributed by atoms with Gasteiger partial charge >= 0.3 is 11.5 Å². The highest BCUT2D eigenvalue weighted by Crippen LogP contribution is 2.35. The fraction of sp³-hybridized carbons (Fsp3) is 0.0500. The topological polar surface area (TPSA) is 98.3 Å². The smallest absolute Gasteiger partial charge is 0.415 e. The third-order valence-corrected chi connectivity index (χ3v) is 5.23. The molecule has 9 nitrogen and oxygen atoms in total. The van der Waals surface area contributed by atoms with Gasteiger partial charge in [0.25, 0.3) is 11.2 Å². The Balaban J connectivity index is 1.88. The highest BCUT2D eigenvalue weighted by atomic mass is 16.7. The van der Waals surface area contributed by atoms with E-state index in [1.165, 1.54) is 9.30 Å². The third-order valence-electron chi connectivity index (χ3n) is 5.23. The summed E-state index contributed by atoms with van der Waals surface area (Å²) in [6, 6.07) is 14.4. The number of hydrogen-bond acceptors (Lipinski definition) is 4. The molecule has 3 aromatic heterocycles. The third kappa shape index (κ3) is 1.90. The van der Waals surface area contributed by atoms with Crippen molar-refractivity contribution in [1.29, 1.82) is 0 Å². The number of aromatic amines is 1. The predicted octanol–water partition coefficient (Wildman–Crippen LogP) is 1.09. The summed E-state index contributed by atoms with van der Waals surface area (Å²) in [6.07, 6.45) is 1.80. The van der Waals surface area contributed by atoms with E-state index in [1.807, 2.05) is 34.9 Å². The maximum atomic E-state index is 12.7. The number of nitrogens with one attached hydrogen (secondary N) is 1. The second-order valence-corrected chi connectivity index (χ2v) is 6.91. The lowest BCUT2D eigenvalue weighted by atomic mass is 10.1. The van der Waals surface area contributed by atoms with Crippen molar-refractivity contribution in [3.05, 3.63) is 75.6 Å². The largest absolute Gasteiger partial charge is 0.508 e. The van der Waals surface area contributed by atoms with Gasteiger partial charge in [0.15, 0.2) is 5.69 Å². The number of imidazole rings is 2. The molecule has 0 fully saturated rings. The number of hydrogen-bond donors (Lipinski definition) is 2. The van der Waals surface area contributed by atoms with Crippen molar-refractivity contribution in [2.24, 2.45) is 7.05 Å². The molecule has 6 rings (SSSR count). The minimum absolute atomic E-state index is 0.138. The lowest BCUT2D eigenvalue weighted by Crippen LogP contribution is -2.33. The summed E-state index contributed by atoms with van der Waals surface area (Å²) in [7, 11) is 1.58. The van der Waals surface area contributed by atoms with Crippen molar-refractivity contribution in [3.63, 3.8) is 0 Å². The van der Waals surface area contributed by atoms with Crippen LogP contribution in [0.15, 0.2) is 64.3 Å². The fourth-order valence-electron chi connectivity index (χ4n) is 3.96. The molecule has 1 aliphatic rings. The van der Waals surface area contributed by atoms with E-state index in [1.54, 1.807) is 35.8 Å². The summed E-state index contributed by atoms with van der Waals surface area (Å²) in [5, 5.41) is 9.97. The average Bonchev–Trinajstić information content (AvgIpc) is 3.25. The van der Waals surface area contributed by atoms with E-state index in [4.69, 9.17) is 4.84 Å².